The third-order valence-corrected chi connectivity index (χ3v) is 3.61. The van der Waals surface area contributed by atoms with Crippen LogP contribution in [0, 0.1) is 0 Å². The second-order valence-electron chi connectivity index (χ2n) is 5.23. The smallest absolute Gasteiger partial charge is 0.200 e. The molecule has 0 fully saturated rings. The largest absolute Gasteiger partial charge is 0.502 e. The fourth-order valence-corrected chi connectivity index (χ4v) is 2.23. The molecular formula is C18H24IN3O3. The van der Waals surface area contributed by atoms with Crippen molar-refractivity contribution in [1.82, 2.24) is 0 Å². The van der Waals surface area contributed by atoms with E-state index >= 15 is 0 Å². The first-order valence-corrected chi connectivity index (χ1v) is 7.67. The Morgan fingerprint density at radius 1 is 1.08 bits per heavy atom. The van der Waals surface area contributed by atoms with Gasteiger partial charge in [-0.15, -0.1) is 24.0 Å². The van der Waals surface area contributed by atoms with Gasteiger partial charge in [-0.1, -0.05) is 19.1 Å². The van der Waals surface area contributed by atoms with E-state index in [0.29, 0.717) is 24.0 Å². The van der Waals surface area contributed by atoms with Crippen LogP contribution < -0.4 is 20.5 Å². The molecule has 2 aromatic carbocycles. The average molecular weight is 457 g/mol. The van der Waals surface area contributed by atoms with Crippen molar-refractivity contribution >= 4 is 35.6 Å². The normalized spacial score (nSPS) is 10.8. The number of methoxy groups -OCH3 is 2. The maximum Gasteiger partial charge on any atom is 0.200 e. The van der Waals surface area contributed by atoms with Crippen LogP contribution in [-0.4, -0.2) is 25.3 Å². The number of benzene rings is 2. The zero-order valence-electron chi connectivity index (χ0n) is 14.6. The number of halogens is 1. The SMILES string of the molecule is CCc1ccc(NC(N)=NCc2cc(OC)c(O)c(OC)c2)cc1.I. The zero-order chi connectivity index (χ0) is 17.5. The number of ether oxygens (including phenoxy) is 2. The molecule has 25 heavy (non-hydrogen) atoms. The number of phenolic OH excluding ortho intramolecular Hbond substituents is 1. The number of phenols is 1. The molecule has 0 saturated carbocycles. The number of hydrogen-bond acceptors (Lipinski definition) is 4. The molecule has 0 aliphatic carbocycles. The molecule has 2 rings (SSSR count). The van der Waals surface area contributed by atoms with E-state index in [9.17, 15) is 5.11 Å². The van der Waals surface area contributed by atoms with Crippen molar-refractivity contribution in [3.63, 3.8) is 0 Å². The van der Waals surface area contributed by atoms with Gasteiger partial charge in [-0.25, -0.2) is 4.99 Å². The predicted octanol–water partition coefficient (Wildman–Crippen LogP) is 3.52. The Kier molecular flexibility index (Phi) is 8.33. The van der Waals surface area contributed by atoms with Gasteiger partial charge in [-0.05, 0) is 41.8 Å². The summed E-state index contributed by atoms with van der Waals surface area (Å²) in [6.07, 6.45) is 0.994. The lowest BCUT2D eigenvalue weighted by molar-refractivity contribution is 0.339. The van der Waals surface area contributed by atoms with Crippen molar-refractivity contribution in [2.24, 2.45) is 10.7 Å². The summed E-state index contributed by atoms with van der Waals surface area (Å²) in [7, 11) is 2.97. The molecule has 7 heteroatoms. The Morgan fingerprint density at radius 2 is 1.64 bits per heavy atom. The first kappa shape index (κ1) is 20.9. The average Bonchev–Trinajstić information content (AvgIpc) is 2.61. The number of hydrogen-bond donors (Lipinski definition) is 3. The van der Waals surface area contributed by atoms with Crippen LogP contribution in [0.4, 0.5) is 5.69 Å². The molecule has 0 amide bonds. The van der Waals surface area contributed by atoms with Crippen molar-refractivity contribution in [3.05, 3.63) is 47.5 Å². The standard InChI is InChI=1S/C18H23N3O3.HI/c1-4-12-5-7-14(8-6-12)21-18(19)20-11-13-9-15(23-2)17(22)16(10-13)24-3;/h5-10,22H,4,11H2,1-3H3,(H3,19,20,21);1H. The Morgan fingerprint density at radius 3 is 2.12 bits per heavy atom. The summed E-state index contributed by atoms with van der Waals surface area (Å²) in [6, 6.07) is 11.4. The summed E-state index contributed by atoms with van der Waals surface area (Å²) in [6.45, 7) is 2.44. The number of guanidine groups is 1. The summed E-state index contributed by atoms with van der Waals surface area (Å²) in [5, 5.41) is 13.0. The van der Waals surface area contributed by atoms with Crippen molar-refractivity contribution in [1.29, 1.82) is 0 Å². The molecule has 0 heterocycles. The fourth-order valence-electron chi connectivity index (χ4n) is 2.23. The van der Waals surface area contributed by atoms with E-state index in [1.165, 1.54) is 19.8 Å². The highest BCUT2D eigenvalue weighted by Gasteiger charge is 2.10. The number of nitrogens with one attached hydrogen (secondary N) is 1. The third kappa shape index (κ3) is 5.70. The van der Waals surface area contributed by atoms with Crippen LogP contribution in [0.5, 0.6) is 17.2 Å². The molecule has 0 saturated heterocycles. The molecule has 0 aliphatic rings. The number of nitrogens with two attached hydrogens (primary N) is 1. The quantitative estimate of drug-likeness (QED) is 0.351. The van der Waals surface area contributed by atoms with Gasteiger partial charge in [0.1, 0.15) is 0 Å². The lowest BCUT2D eigenvalue weighted by Gasteiger charge is -2.11. The van der Waals surface area contributed by atoms with Gasteiger partial charge < -0.3 is 25.6 Å². The molecule has 0 spiro atoms. The van der Waals surface area contributed by atoms with Crippen LogP contribution in [0.2, 0.25) is 0 Å². The van der Waals surface area contributed by atoms with Crippen LogP contribution in [-0.2, 0) is 13.0 Å². The summed E-state index contributed by atoms with van der Waals surface area (Å²) in [4.78, 5) is 4.30. The van der Waals surface area contributed by atoms with Gasteiger partial charge in [0.15, 0.2) is 17.5 Å². The second-order valence-corrected chi connectivity index (χ2v) is 5.23. The molecule has 0 atom stereocenters. The number of rotatable bonds is 6. The fraction of sp³-hybridized carbons (Fsp3) is 0.278. The molecule has 0 radical (unpaired) electrons. The third-order valence-electron chi connectivity index (χ3n) is 3.61. The highest BCUT2D eigenvalue weighted by atomic mass is 127. The Balaban J connectivity index is 0.00000312. The maximum absolute atomic E-state index is 9.91. The van der Waals surface area contributed by atoms with E-state index in [0.717, 1.165) is 17.7 Å². The van der Waals surface area contributed by atoms with Gasteiger partial charge in [-0.3, -0.25) is 0 Å². The molecule has 2 aromatic rings. The van der Waals surface area contributed by atoms with Gasteiger partial charge in [0.05, 0.1) is 20.8 Å². The highest BCUT2D eigenvalue weighted by molar-refractivity contribution is 14.0. The molecule has 0 aromatic heterocycles. The minimum atomic E-state index is -0.0326. The lowest BCUT2D eigenvalue weighted by Crippen LogP contribution is -2.22. The summed E-state index contributed by atoms with van der Waals surface area (Å²) >= 11 is 0. The van der Waals surface area contributed by atoms with Crippen LogP contribution in [0.15, 0.2) is 41.4 Å². The molecule has 0 aliphatic heterocycles. The number of anilines is 1. The van der Waals surface area contributed by atoms with Gasteiger partial charge in [0.25, 0.3) is 0 Å². The van der Waals surface area contributed by atoms with Gasteiger partial charge in [0, 0.05) is 5.69 Å². The summed E-state index contributed by atoms with van der Waals surface area (Å²) < 4.78 is 10.3. The Labute approximate surface area is 165 Å². The van der Waals surface area contributed by atoms with Crippen LogP contribution in [0.1, 0.15) is 18.1 Å². The van der Waals surface area contributed by atoms with Crippen LogP contribution in [0.25, 0.3) is 0 Å². The van der Waals surface area contributed by atoms with E-state index in [1.807, 2.05) is 24.3 Å². The summed E-state index contributed by atoms with van der Waals surface area (Å²) in [5.41, 5.74) is 8.88. The van der Waals surface area contributed by atoms with Crippen molar-refractivity contribution in [2.45, 2.75) is 19.9 Å². The molecule has 4 N–H and O–H groups in total. The van der Waals surface area contributed by atoms with Gasteiger partial charge in [-0.2, -0.15) is 0 Å². The van der Waals surface area contributed by atoms with Gasteiger partial charge in [0.2, 0.25) is 5.75 Å². The molecule has 0 unspecified atom stereocenters. The van der Waals surface area contributed by atoms with Crippen molar-refractivity contribution < 1.29 is 14.6 Å². The predicted molar refractivity (Wildman–Crippen MR) is 111 cm³/mol. The van der Waals surface area contributed by atoms with E-state index in [1.54, 1.807) is 12.1 Å². The van der Waals surface area contributed by atoms with Crippen molar-refractivity contribution in [3.8, 4) is 17.2 Å². The maximum atomic E-state index is 9.91. The molecular weight excluding hydrogens is 433 g/mol. The minimum absolute atomic E-state index is 0. The molecule has 6 nitrogen and oxygen atoms in total. The van der Waals surface area contributed by atoms with E-state index < -0.39 is 0 Å². The highest BCUT2D eigenvalue weighted by Crippen LogP contribution is 2.37. The van der Waals surface area contributed by atoms with E-state index in [2.05, 4.69) is 17.2 Å². The summed E-state index contributed by atoms with van der Waals surface area (Å²) in [5.74, 6) is 0.947. The molecule has 0 bridgehead atoms. The van der Waals surface area contributed by atoms with Gasteiger partial charge >= 0.3 is 0 Å². The lowest BCUT2D eigenvalue weighted by atomic mass is 10.1. The number of aryl methyl sites for hydroxylation is 1. The van der Waals surface area contributed by atoms with Crippen molar-refractivity contribution in [2.75, 3.05) is 19.5 Å². The number of aliphatic imine (C=N–C) groups is 1. The zero-order valence-corrected chi connectivity index (χ0v) is 16.9. The monoisotopic (exact) mass is 457 g/mol. The van der Waals surface area contributed by atoms with Crippen LogP contribution in [0.3, 0.4) is 0 Å². The Bertz CT molecular complexity index is 693. The molecule has 136 valence electrons. The first-order valence-electron chi connectivity index (χ1n) is 7.67. The number of nitrogens with zero attached hydrogens (tertiary/aromatic N) is 1. The Hall–Kier alpha value is -2.16. The van der Waals surface area contributed by atoms with E-state index in [4.69, 9.17) is 15.2 Å². The minimum Gasteiger partial charge on any atom is -0.502 e. The first-order chi connectivity index (χ1) is 11.6. The van der Waals surface area contributed by atoms with E-state index in [-0.39, 0.29) is 29.7 Å². The topological polar surface area (TPSA) is 89.1 Å². The van der Waals surface area contributed by atoms with Crippen LogP contribution >= 0.6 is 24.0 Å². The second kappa shape index (κ2) is 9.97. The number of aromatic hydroxyl groups is 1.